The van der Waals surface area contributed by atoms with Crippen LogP contribution in [-0.4, -0.2) is 15.1 Å². The average Bonchev–Trinajstić information content (AvgIpc) is 2.46. The van der Waals surface area contributed by atoms with E-state index in [9.17, 15) is 10.1 Å². The molecule has 0 saturated carbocycles. The lowest BCUT2D eigenvalue weighted by molar-refractivity contribution is -0.384. The third-order valence-electron chi connectivity index (χ3n) is 2.26. The highest BCUT2D eigenvalue weighted by Crippen LogP contribution is 2.15. The number of hydrogen-bond donors (Lipinski definition) is 1. The van der Waals surface area contributed by atoms with Gasteiger partial charge in [0.1, 0.15) is 0 Å². The summed E-state index contributed by atoms with van der Waals surface area (Å²) in [4.78, 5) is 14.0. The maximum atomic E-state index is 10.5. The Morgan fingerprint density at radius 3 is 2.63 bits per heavy atom. The van der Waals surface area contributed by atoms with E-state index in [-0.39, 0.29) is 10.9 Å². The molecule has 7 heteroatoms. The van der Waals surface area contributed by atoms with Gasteiger partial charge in [-0.25, -0.2) is 0 Å². The molecule has 0 atom stereocenters. The first kappa shape index (κ1) is 13.0. The van der Waals surface area contributed by atoms with Crippen molar-refractivity contribution < 1.29 is 4.92 Å². The van der Waals surface area contributed by atoms with E-state index >= 15 is 0 Å². The minimum atomic E-state index is -0.463. The Labute approximate surface area is 113 Å². The molecule has 0 aliphatic carbocycles. The van der Waals surface area contributed by atoms with Crippen molar-refractivity contribution in [1.29, 1.82) is 0 Å². The van der Waals surface area contributed by atoms with Crippen LogP contribution in [0.1, 0.15) is 5.56 Å². The van der Waals surface area contributed by atoms with Crippen molar-refractivity contribution >= 4 is 28.1 Å². The SMILES string of the molecule is O=[N+]([O-])c1ccc(NN=C(Cl)c2cccnc2)cc1. The molecule has 0 aliphatic heterocycles. The van der Waals surface area contributed by atoms with Crippen LogP contribution in [0.3, 0.4) is 0 Å². The zero-order valence-corrected chi connectivity index (χ0v) is 10.4. The van der Waals surface area contributed by atoms with Gasteiger partial charge in [-0.1, -0.05) is 11.6 Å². The number of halogens is 1. The van der Waals surface area contributed by atoms with Gasteiger partial charge in [0.05, 0.1) is 10.6 Å². The Morgan fingerprint density at radius 2 is 2.05 bits per heavy atom. The Balaban J connectivity index is 2.08. The van der Waals surface area contributed by atoms with Gasteiger partial charge in [-0.2, -0.15) is 5.10 Å². The van der Waals surface area contributed by atoms with Gasteiger partial charge in [0.2, 0.25) is 0 Å². The largest absolute Gasteiger partial charge is 0.277 e. The van der Waals surface area contributed by atoms with E-state index in [1.165, 1.54) is 12.1 Å². The van der Waals surface area contributed by atoms with Crippen LogP contribution >= 0.6 is 11.6 Å². The number of nitrogens with zero attached hydrogens (tertiary/aromatic N) is 3. The molecule has 19 heavy (non-hydrogen) atoms. The zero-order valence-electron chi connectivity index (χ0n) is 9.65. The molecule has 0 aliphatic rings. The molecule has 1 aromatic heterocycles. The maximum Gasteiger partial charge on any atom is 0.269 e. The Bertz CT molecular complexity index is 599. The van der Waals surface area contributed by atoms with Crippen LogP contribution in [0.25, 0.3) is 0 Å². The third-order valence-corrected chi connectivity index (χ3v) is 2.56. The number of benzene rings is 1. The quantitative estimate of drug-likeness (QED) is 0.529. The summed E-state index contributed by atoms with van der Waals surface area (Å²) in [5.74, 6) is 0. The third kappa shape index (κ3) is 3.49. The predicted octanol–water partition coefficient (Wildman–Crippen LogP) is 3.00. The number of nitro benzene ring substituents is 1. The number of anilines is 1. The lowest BCUT2D eigenvalue weighted by Crippen LogP contribution is -1.97. The highest BCUT2D eigenvalue weighted by atomic mass is 35.5. The molecular formula is C12H9ClN4O2. The van der Waals surface area contributed by atoms with Gasteiger partial charge in [-0.3, -0.25) is 20.5 Å². The van der Waals surface area contributed by atoms with Crippen LogP contribution in [0.15, 0.2) is 53.9 Å². The standard InChI is InChI=1S/C12H9ClN4O2/c13-12(9-2-1-7-14-8-9)16-15-10-3-5-11(6-4-10)17(18)19/h1-8,15H. The van der Waals surface area contributed by atoms with Crippen LogP contribution in [0.5, 0.6) is 0 Å². The van der Waals surface area contributed by atoms with Crippen molar-refractivity contribution in [3.05, 3.63) is 64.5 Å². The molecule has 0 radical (unpaired) electrons. The van der Waals surface area contributed by atoms with Gasteiger partial charge < -0.3 is 0 Å². The van der Waals surface area contributed by atoms with Crippen LogP contribution < -0.4 is 5.43 Å². The monoisotopic (exact) mass is 276 g/mol. The van der Waals surface area contributed by atoms with Crippen molar-refractivity contribution in [2.24, 2.45) is 5.10 Å². The lowest BCUT2D eigenvalue weighted by Gasteiger charge is -2.01. The summed E-state index contributed by atoms with van der Waals surface area (Å²) in [5, 5.41) is 14.7. The second kappa shape index (κ2) is 5.92. The first-order valence-corrected chi connectivity index (χ1v) is 5.68. The number of hydrazone groups is 1. The van der Waals surface area contributed by atoms with Gasteiger partial charge >= 0.3 is 0 Å². The van der Waals surface area contributed by atoms with E-state index in [0.717, 1.165) is 0 Å². The summed E-state index contributed by atoms with van der Waals surface area (Å²) in [6.45, 7) is 0. The molecule has 1 heterocycles. The van der Waals surface area contributed by atoms with E-state index in [0.29, 0.717) is 11.3 Å². The van der Waals surface area contributed by atoms with E-state index in [1.54, 1.807) is 36.7 Å². The summed E-state index contributed by atoms with van der Waals surface area (Å²) < 4.78 is 0. The minimum Gasteiger partial charge on any atom is -0.277 e. The van der Waals surface area contributed by atoms with Crippen LogP contribution in [0, 0.1) is 10.1 Å². The maximum absolute atomic E-state index is 10.5. The van der Waals surface area contributed by atoms with Gasteiger partial charge in [0.25, 0.3) is 5.69 Å². The molecule has 2 aromatic rings. The molecule has 0 unspecified atom stereocenters. The van der Waals surface area contributed by atoms with Crippen molar-refractivity contribution in [2.75, 3.05) is 5.43 Å². The summed E-state index contributed by atoms with van der Waals surface area (Å²) in [7, 11) is 0. The highest BCUT2D eigenvalue weighted by molar-refractivity contribution is 6.69. The van der Waals surface area contributed by atoms with E-state index in [4.69, 9.17) is 11.6 Å². The molecular weight excluding hydrogens is 268 g/mol. The molecule has 0 amide bonds. The fourth-order valence-corrected chi connectivity index (χ4v) is 1.47. The number of nitrogens with one attached hydrogen (secondary N) is 1. The normalized spacial score (nSPS) is 11.1. The van der Waals surface area contributed by atoms with Crippen molar-refractivity contribution in [2.45, 2.75) is 0 Å². The number of pyridine rings is 1. The van der Waals surface area contributed by atoms with Crippen molar-refractivity contribution in [3.63, 3.8) is 0 Å². The first-order valence-electron chi connectivity index (χ1n) is 5.31. The molecule has 6 nitrogen and oxygen atoms in total. The molecule has 96 valence electrons. The number of rotatable bonds is 4. The predicted molar refractivity (Wildman–Crippen MR) is 73.3 cm³/mol. The minimum absolute atomic E-state index is 0.0212. The second-order valence-corrected chi connectivity index (χ2v) is 3.92. The Hall–Kier alpha value is -2.47. The van der Waals surface area contributed by atoms with E-state index < -0.39 is 4.92 Å². The van der Waals surface area contributed by atoms with Crippen molar-refractivity contribution in [1.82, 2.24) is 4.98 Å². The molecule has 1 aromatic carbocycles. The fraction of sp³-hybridized carbons (Fsp3) is 0. The molecule has 0 fully saturated rings. The van der Waals surface area contributed by atoms with E-state index in [2.05, 4.69) is 15.5 Å². The summed E-state index contributed by atoms with van der Waals surface area (Å²) in [6, 6.07) is 9.39. The number of non-ortho nitro benzene ring substituents is 1. The smallest absolute Gasteiger partial charge is 0.269 e. The number of hydrogen-bond acceptors (Lipinski definition) is 5. The highest BCUT2D eigenvalue weighted by Gasteiger charge is 2.03. The van der Waals surface area contributed by atoms with Crippen LogP contribution in [-0.2, 0) is 0 Å². The number of nitro groups is 1. The topological polar surface area (TPSA) is 80.4 Å². The molecule has 0 spiro atoms. The van der Waals surface area contributed by atoms with Gasteiger partial charge in [0, 0.05) is 30.1 Å². The first-order chi connectivity index (χ1) is 9.16. The van der Waals surface area contributed by atoms with Gasteiger partial charge in [-0.05, 0) is 24.3 Å². The average molecular weight is 277 g/mol. The Morgan fingerprint density at radius 1 is 1.32 bits per heavy atom. The molecule has 0 saturated heterocycles. The summed E-state index contributed by atoms with van der Waals surface area (Å²) in [5.41, 5.74) is 4.02. The summed E-state index contributed by atoms with van der Waals surface area (Å²) in [6.07, 6.45) is 3.22. The molecule has 0 bridgehead atoms. The van der Waals surface area contributed by atoms with E-state index in [1.807, 2.05) is 0 Å². The van der Waals surface area contributed by atoms with Gasteiger partial charge in [0.15, 0.2) is 5.17 Å². The van der Waals surface area contributed by atoms with Crippen LogP contribution in [0.2, 0.25) is 0 Å². The molecule has 2 rings (SSSR count). The van der Waals surface area contributed by atoms with Crippen LogP contribution in [0.4, 0.5) is 11.4 Å². The number of aromatic nitrogens is 1. The second-order valence-electron chi connectivity index (χ2n) is 3.56. The fourth-order valence-electron chi connectivity index (χ4n) is 1.32. The summed E-state index contributed by atoms with van der Waals surface area (Å²) >= 11 is 5.98. The van der Waals surface area contributed by atoms with Gasteiger partial charge in [-0.15, -0.1) is 0 Å². The molecule has 1 N–H and O–H groups in total. The Kier molecular flexibility index (Phi) is 4.04. The van der Waals surface area contributed by atoms with Crippen molar-refractivity contribution in [3.8, 4) is 0 Å². The zero-order chi connectivity index (χ0) is 13.7. The lowest BCUT2D eigenvalue weighted by atomic mass is 10.3.